The molecule has 2 N–H and O–H groups in total. The number of nitrogens with one attached hydrogen (secondary N) is 1. The van der Waals surface area contributed by atoms with Gasteiger partial charge in [0, 0.05) is 38.3 Å². The van der Waals surface area contributed by atoms with Crippen molar-refractivity contribution in [1.29, 1.82) is 0 Å². The molecule has 1 heterocycles. The van der Waals surface area contributed by atoms with Crippen molar-refractivity contribution < 1.29 is 9.90 Å². The maximum atomic E-state index is 11.5. The Bertz CT molecular complexity index is 342. The summed E-state index contributed by atoms with van der Waals surface area (Å²) >= 11 is 0. The highest BCUT2D eigenvalue weighted by Crippen LogP contribution is 2.33. The van der Waals surface area contributed by atoms with E-state index in [0.29, 0.717) is 12.1 Å². The van der Waals surface area contributed by atoms with E-state index in [9.17, 15) is 9.90 Å². The second-order valence-corrected chi connectivity index (χ2v) is 6.36. The Balaban J connectivity index is 1.88. The highest BCUT2D eigenvalue weighted by molar-refractivity contribution is 5.79. The molecule has 5 nitrogen and oxygen atoms in total. The van der Waals surface area contributed by atoms with Crippen molar-refractivity contribution in [2.45, 2.75) is 57.2 Å². The lowest BCUT2D eigenvalue weighted by Crippen LogP contribution is -2.54. The van der Waals surface area contributed by atoms with Crippen LogP contribution in [0.4, 0.5) is 0 Å². The molecule has 0 spiro atoms. The topological polar surface area (TPSA) is 55.8 Å². The summed E-state index contributed by atoms with van der Waals surface area (Å²) in [5, 5.41) is 12.5. The van der Waals surface area contributed by atoms with E-state index in [4.69, 9.17) is 0 Å². The minimum atomic E-state index is -0.696. The fourth-order valence-corrected chi connectivity index (χ4v) is 3.66. The molecule has 1 saturated carbocycles. The number of piperazine rings is 1. The zero-order chi connectivity index (χ0) is 14.8. The fourth-order valence-electron chi connectivity index (χ4n) is 3.66. The van der Waals surface area contributed by atoms with E-state index in [1.807, 2.05) is 0 Å². The molecule has 0 aromatic carbocycles. The number of carboxylic acid groups (broad SMARTS) is 1. The van der Waals surface area contributed by atoms with Crippen molar-refractivity contribution in [3.05, 3.63) is 0 Å². The fraction of sp³-hybridized carbons (Fsp3) is 0.933. The van der Waals surface area contributed by atoms with Crippen LogP contribution in [-0.2, 0) is 4.79 Å². The van der Waals surface area contributed by atoms with Crippen molar-refractivity contribution in [3.63, 3.8) is 0 Å². The average molecular weight is 283 g/mol. The van der Waals surface area contributed by atoms with Crippen LogP contribution in [0.1, 0.15) is 39.5 Å². The summed E-state index contributed by atoms with van der Waals surface area (Å²) in [6.07, 6.45) is 3.68. The maximum absolute atomic E-state index is 11.5. The Morgan fingerprint density at radius 3 is 2.50 bits per heavy atom. The Hall–Kier alpha value is -0.650. The van der Waals surface area contributed by atoms with E-state index in [1.165, 1.54) is 6.42 Å². The van der Waals surface area contributed by atoms with Gasteiger partial charge in [-0.15, -0.1) is 0 Å². The maximum Gasteiger partial charge on any atom is 0.323 e. The molecule has 20 heavy (non-hydrogen) atoms. The number of hydrogen-bond acceptors (Lipinski definition) is 4. The van der Waals surface area contributed by atoms with Gasteiger partial charge in [-0.05, 0) is 39.7 Å². The lowest BCUT2D eigenvalue weighted by atomic mass is 9.97. The van der Waals surface area contributed by atoms with Crippen molar-refractivity contribution >= 4 is 5.97 Å². The van der Waals surface area contributed by atoms with Crippen molar-refractivity contribution in [2.24, 2.45) is 0 Å². The van der Waals surface area contributed by atoms with Gasteiger partial charge in [-0.2, -0.15) is 0 Å². The van der Waals surface area contributed by atoms with Gasteiger partial charge in [-0.3, -0.25) is 14.6 Å². The number of carbonyl (C=O) groups is 1. The number of aliphatic carboxylic acids is 1. The molecule has 2 fully saturated rings. The quantitative estimate of drug-likeness (QED) is 0.788. The molecule has 0 aromatic rings. The van der Waals surface area contributed by atoms with Gasteiger partial charge >= 0.3 is 5.97 Å². The molecule has 2 rings (SSSR count). The highest BCUT2D eigenvalue weighted by Gasteiger charge is 2.46. The van der Waals surface area contributed by atoms with Crippen LogP contribution < -0.4 is 5.32 Å². The van der Waals surface area contributed by atoms with Gasteiger partial charge in [0.15, 0.2) is 0 Å². The minimum absolute atomic E-state index is 0.428. The molecule has 1 saturated heterocycles. The van der Waals surface area contributed by atoms with E-state index >= 15 is 0 Å². The lowest BCUT2D eigenvalue weighted by molar-refractivity contribution is -0.144. The summed E-state index contributed by atoms with van der Waals surface area (Å²) in [4.78, 5) is 16.5. The third-order valence-corrected chi connectivity index (χ3v) is 5.46. The summed E-state index contributed by atoms with van der Waals surface area (Å²) in [5.41, 5.74) is -0.696. The Morgan fingerprint density at radius 1 is 1.40 bits per heavy atom. The SMILES string of the molecule is CCC(C)N1CCN(C2CCC(NC)(C(=O)O)C2)CC1. The van der Waals surface area contributed by atoms with Crippen molar-refractivity contribution in [2.75, 3.05) is 33.2 Å². The van der Waals surface area contributed by atoms with Gasteiger partial charge in [-0.25, -0.2) is 0 Å². The molecule has 5 heteroatoms. The highest BCUT2D eigenvalue weighted by atomic mass is 16.4. The third-order valence-electron chi connectivity index (χ3n) is 5.46. The monoisotopic (exact) mass is 283 g/mol. The zero-order valence-electron chi connectivity index (χ0n) is 13.1. The molecule has 1 aliphatic heterocycles. The van der Waals surface area contributed by atoms with Crippen molar-refractivity contribution in [3.8, 4) is 0 Å². The summed E-state index contributed by atoms with van der Waals surface area (Å²) < 4.78 is 0. The average Bonchev–Trinajstić information content (AvgIpc) is 2.92. The second kappa shape index (κ2) is 6.41. The second-order valence-electron chi connectivity index (χ2n) is 6.36. The first-order chi connectivity index (χ1) is 9.52. The van der Waals surface area contributed by atoms with Crippen LogP contribution in [-0.4, -0.2) is 71.7 Å². The molecule has 116 valence electrons. The van der Waals surface area contributed by atoms with Gasteiger partial charge in [0.2, 0.25) is 0 Å². The van der Waals surface area contributed by atoms with E-state index in [2.05, 4.69) is 29.0 Å². The molecule has 1 aliphatic carbocycles. The third kappa shape index (κ3) is 3.00. The van der Waals surface area contributed by atoms with Gasteiger partial charge in [-0.1, -0.05) is 6.92 Å². The molecule has 0 aromatic heterocycles. The first-order valence-corrected chi connectivity index (χ1v) is 7.93. The van der Waals surface area contributed by atoms with E-state index in [1.54, 1.807) is 7.05 Å². The number of nitrogens with zero attached hydrogens (tertiary/aromatic N) is 2. The van der Waals surface area contributed by atoms with Gasteiger partial charge in [0.25, 0.3) is 0 Å². The molecular weight excluding hydrogens is 254 g/mol. The molecule has 0 amide bonds. The normalized spacial score (nSPS) is 34.2. The Kier molecular flexibility index (Phi) is 5.04. The van der Waals surface area contributed by atoms with Gasteiger partial charge in [0.05, 0.1) is 0 Å². The standard InChI is InChI=1S/C15H29N3O2/c1-4-12(2)17-7-9-18(10-8-17)13-5-6-15(11-13,16-3)14(19)20/h12-13,16H,4-11H2,1-3H3,(H,19,20). The molecule has 0 bridgehead atoms. The van der Waals surface area contributed by atoms with Crippen LogP contribution in [0.2, 0.25) is 0 Å². The molecule has 2 aliphatic rings. The van der Waals surface area contributed by atoms with Crippen LogP contribution >= 0.6 is 0 Å². The van der Waals surface area contributed by atoms with Gasteiger partial charge in [0.1, 0.15) is 5.54 Å². The predicted octanol–water partition coefficient (Wildman–Crippen LogP) is 0.998. The number of rotatable bonds is 5. The molecule has 3 atom stereocenters. The van der Waals surface area contributed by atoms with Crippen molar-refractivity contribution in [1.82, 2.24) is 15.1 Å². The minimum Gasteiger partial charge on any atom is -0.480 e. The summed E-state index contributed by atoms with van der Waals surface area (Å²) in [5.74, 6) is -0.694. The molecule has 0 radical (unpaired) electrons. The van der Waals surface area contributed by atoms with Crippen LogP contribution in [0.3, 0.4) is 0 Å². The predicted molar refractivity (Wildman–Crippen MR) is 80.0 cm³/mol. The van der Waals surface area contributed by atoms with Crippen LogP contribution in [0, 0.1) is 0 Å². The van der Waals surface area contributed by atoms with E-state index in [-0.39, 0.29) is 0 Å². The van der Waals surface area contributed by atoms with Gasteiger partial charge < -0.3 is 10.4 Å². The summed E-state index contributed by atoms with van der Waals surface area (Å²) in [6, 6.07) is 1.09. The smallest absolute Gasteiger partial charge is 0.323 e. The summed E-state index contributed by atoms with van der Waals surface area (Å²) in [7, 11) is 1.78. The van der Waals surface area contributed by atoms with Crippen LogP contribution in [0.5, 0.6) is 0 Å². The van der Waals surface area contributed by atoms with Crippen LogP contribution in [0.15, 0.2) is 0 Å². The summed E-state index contributed by atoms with van der Waals surface area (Å²) in [6.45, 7) is 8.92. The first-order valence-electron chi connectivity index (χ1n) is 7.93. The van der Waals surface area contributed by atoms with E-state index in [0.717, 1.165) is 45.4 Å². The number of likely N-dealkylation sites (N-methyl/N-ethyl adjacent to an activating group) is 1. The molecular formula is C15H29N3O2. The Labute approximate surface area is 122 Å². The number of carboxylic acids is 1. The first kappa shape index (κ1) is 15.7. The molecule has 3 unspecified atom stereocenters. The number of hydrogen-bond donors (Lipinski definition) is 2. The Morgan fingerprint density at radius 2 is 2.05 bits per heavy atom. The van der Waals surface area contributed by atoms with Crippen LogP contribution in [0.25, 0.3) is 0 Å². The lowest BCUT2D eigenvalue weighted by Gasteiger charge is -2.40. The zero-order valence-corrected chi connectivity index (χ0v) is 13.1. The van der Waals surface area contributed by atoms with E-state index < -0.39 is 11.5 Å². The largest absolute Gasteiger partial charge is 0.480 e.